The minimum absolute atomic E-state index is 0.129. The fourth-order valence-electron chi connectivity index (χ4n) is 3.09. The third-order valence-corrected chi connectivity index (χ3v) is 4.51. The first kappa shape index (κ1) is 16.9. The van der Waals surface area contributed by atoms with Crippen LogP contribution in [0.1, 0.15) is 21.6 Å². The third kappa shape index (κ3) is 3.70. The topological polar surface area (TPSA) is 54.9 Å². The molecule has 0 radical (unpaired) electrons. The summed E-state index contributed by atoms with van der Waals surface area (Å²) in [6, 6.07) is 24.0. The van der Waals surface area contributed by atoms with Gasteiger partial charge in [0.1, 0.15) is 0 Å². The van der Waals surface area contributed by atoms with E-state index in [2.05, 4.69) is 39.6 Å². The summed E-state index contributed by atoms with van der Waals surface area (Å²) in [4.78, 5) is 21.3. The van der Waals surface area contributed by atoms with Crippen molar-refractivity contribution in [1.82, 2.24) is 15.3 Å². The zero-order valence-electron chi connectivity index (χ0n) is 15.0. The van der Waals surface area contributed by atoms with Gasteiger partial charge in [0.05, 0.1) is 11.3 Å². The van der Waals surface area contributed by atoms with Gasteiger partial charge in [-0.25, -0.2) is 9.97 Å². The summed E-state index contributed by atoms with van der Waals surface area (Å²) < 4.78 is 0. The number of aryl methyl sites for hydroxylation is 1. The van der Waals surface area contributed by atoms with Gasteiger partial charge < -0.3 is 5.32 Å². The maximum absolute atomic E-state index is 12.7. The summed E-state index contributed by atoms with van der Waals surface area (Å²) in [5.41, 5.74) is 5.26. The molecule has 0 spiro atoms. The molecule has 1 amide bonds. The van der Waals surface area contributed by atoms with Crippen LogP contribution in [0.25, 0.3) is 22.2 Å². The highest BCUT2D eigenvalue weighted by Gasteiger charge is 2.12. The third-order valence-electron chi connectivity index (χ3n) is 4.51. The zero-order chi connectivity index (χ0) is 18.6. The summed E-state index contributed by atoms with van der Waals surface area (Å²) in [7, 11) is 0. The monoisotopic (exact) mass is 353 g/mol. The average molecular weight is 353 g/mol. The van der Waals surface area contributed by atoms with Gasteiger partial charge in [0.25, 0.3) is 5.91 Å². The van der Waals surface area contributed by atoms with Gasteiger partial charge in [0.2, 0.25) is 0 Å². The van der Waals surface area contributed by atoms with E-state index >= 15 is 0 Å². The second-order valence-corrected chi connectivity index (χ2v) is 6.42. The van der Waals surface area contributed by atoms with E-state index in [9.17, 15) is 4.79 Å². The van der Waals surface area contributed by atoms with Gasteiger partial charge >= 0.3 is 0 Å². The van der Waals surface area contributed by atoms with E-state index in [1.807, 2.05) is 55.5 Å². The van der Waals surface area contributed by atoms with E-state index < -0.39 is 0 Å². The maximum atomic E-state index is 12.7. The number of aromatic nitrogens is 2. The van der Waals surface area contributed by atoms with Crippen LogP contribution in [0.2, 0.25) is 0 Å². The van der Waals surface area contributed by atoms with Crippen LogP contribution in [0.5, 0.6) is 0 Å². The molecule has 0 bridgehead atoms. The van der Waals surface area contributed by atoms with Crippen LogP contribution in [0.15, 0.2) is 79.0 Å². The second kappa shape index (κ2) is 7.38. The van der Waals surface area contributed by atoms with Crippen molar-refractivity contribution in [3.8, 4) is 11.1 Å². The van der Waals surface area contributed by atoms with Crippen molar-refractivity contribution < 1.29 is 4.79 Å². The van der Waals surface area contributed by atoms with E-state index in [1.165, 1.54) is 0 Å². The second-order valence-electron chi connectivity index (χ2n) is 6.42. The molecule has 27 heavy (non-hydrogen) atoms. The highest BCUT2D eigenvalue weighted by molar-refractivity contribution is 5.98. The van der Waals surface area contributed by atoms with Crippen molar-refractivity contribution in [2.75, 3.05) is 0 Å². The summed E-state index contributed by atoms with van der Waals surface area (Å²) in [5.74, 6) is -0.129. The first-order valence-corrected chi connectivity index (χ1v) is 8.85. The lowest BCUT2D eigenvalue weighted by Gasteiger charge is -2.10. The number of fused-ring (bicyclic) bond motifs is 1. The molecule has 4 heteroatoms. The average Bonchev–Trinajstić information content (AvgIpc) is 2.72. The van der Waals surface area contributed by atoms with Crippen molar-refractivity contribution >= 4 is 16.9 Å². The Hall–Kier alpha value is -3.53. The summed E-state index contributed by atoms with van der Waals surface area (Å²) in [6.07, 6.45) is 1.70. The normalized spacial score (nSPS) is 10.7. The molecule has 2 heterocycles. The summed E-state index contributed by atoms with van der Waals surface area (Å²) in [6.45, 7) is 2.29. The molecular weight excluding hydrogens is 334 g/mol. The predicted molar refractivity (Wildman–Crippen MR) is 107 cm³/mol. The molecule has 2 aromatic heterocycles. The molecule has 0 fully saturated rings. The Bertz CT molecular complexity index is 1110. The summed E-state index contributed by atoms with van der Waals surface area (Å²) in [5, 5.41) is 3.86. The molecule has 4 aromatic rings. The lowest BCUT2D eigenvalue weighted by Crippen LogP contribution is -2.24. The number of nitrogens with zero attached hydrogens (tertiary/aromatic N) is 2. The van der Waals surface area contributed by atoms with E-state index in [0.717, 1.165) is 22.1 Å². The van der Waals surface area contributed by atoms with E-state index in [4.69, 9.17) is 0 Å². The number of hydrogen-bond acceptors (Lipinski definition) is 3. The molecule has 0 atom stereocenters. The number of carbonyl (C=O) groups excluding carboxylic acids is 1. The molecule has 0 aliphatic carbocycles. The van der Waals surface area contributed by atoms with Crippen molar-refractivity contribution in [2.45, 2.75) is 13.5 Å². The largest absolute Gasteiger partial charge is 0.348 e. The van der Waals surface area contributed by atoms with Gasteiger partial charge in [-0.15, -0.1) is 0 Å². The Labute approximate surface area is 157 Å². The highest BCUT2D eigenvalue weighted by Crippen LogP contribution is 2.20. The minimum atomic E-state index is -0.129. The molecule has 4 nitrogen and oxygen atoms in total. The van der Waals surface area contributed by atoms with Crippen LogP contribution < -0.4 is 5.32 Å². The number of nitrogens with one attached hydrogen (secondary N) is 1. The molecule has 132 valence electrons. The lowest BCUT2D eigenvalue weighted by molar-refractivity contribution is 0.0950. The molecule has 0 unspecified atom stereocenters. The fourth-order valence-corrected chi connectivity index (χ4v) is 3.09. The Kier molecular flexibility index (Phi) is 4.62. The van der Waals surface area contributed by atoms with Gasteiger partial charge in [-0.3, -0.25) is 4.79 Å². The molecule has 2 aromatic carbocycles. The molecule has 0 aliphatic rings. The van der Waals surface area contributed by atoms with Crippen molar-refractivity contribution in [3.63, 3.8) is 0 Å². The van der Waals surface area contributed by atoms with Crippen LogP contribution in [0, 0.1) is 6.92 Å². The molecule has 1 N–H and O–H groups in total. The molecule has 0 saturated heterocycles. The van der Waals surface area contributed by atoms with Crippen LogP contribution in [0.4, 0.5) is 0 Å². The molecule has 0 aliphatic heterocycles. The quantitative estimate of drug-likeness (QED) is 0.586. The first-order valence-electron chi connectivity index (χ1n) is 8.85. The standard InChI is InChI=1S/C23H19N3O/c1-16-21(14-20-11-6-12-24-22(20)26-16)23(27)25-15-17-7-5-10-19(13-17)18-8-3-2-4-9-18/h2-14H,15H2,1H3,(H,25,27). The molecular formula is C23H19N3O. The van der Waals surface area contributed by atoms with Crippen LogP contribution in [0.3, 0.4) is 0 Å². The number of amides is 1. The fraction of sp³-hybridized carbons (Fsp3) is 0.0870. The number of benzene rings is 2. The zero-order valence-corrected chi connectivity index (χ0v) is 15.0. The van der Waals surface area contributed by atoms with Crippen LogP contribution >= 0.6 is 0 Å². The molecule has 4 rings (SSSR count). The number of pyridine rings is 2. The van der Waals surface area contributed by atoms with Gasteiger partial charge in [-0.2, -0.15) is 0 Å². The van der Waals surface area contributed by atoms with E-state index in [-0.39, 0.29) is 5.91 Å². The van der Waals surface area contributed by atoms with Gasteiger partial charge in [0, 0.05) is 18.1 Å². The van der Waals surface area contributed by atoms with Gasteiger partial charge in [-0.05, 0) is 47.9 Å². The van der Waals surface area contributed by atoms with E-state index in [1.54, 1.807) is 6.20 Å². The smallest absolute Gasteiger partial charge is 0.253 e. The Morgan fingerprint density at radius 1 is 0.926 bits per heavy atom. The minimum Gasteiger partial charge on any atom is -0.348 e. The van der Waals surface area contributed by atoms with Gasteiger partial charge in [0.15, 0.2) is 5.65 Å². The van der Waals surface area contributed by atoms with Crippen molar-refractivity contribution in [3.05, 3.63) is 95.8 Å². The van der Waals surface area contributed by atoms with Gasteiger partial charge in [-0.1, -0.05) is 48.5 Å². The van der Waals surface area contributed by atoms with Crippen molar-refractivity contribution in [1.29, 1.82) is 0 Å². The number of rotatable bonds is 4. The summed E-state index contributed by atoms with van der Waals surface area (Å²) >= 11 is 0. The Morgan fingerprint density at radius 2 is 1.74 bits per heavy atom. The highest BCUT2D eigenvalue weighted by atomic mass is 16.1. The first-order chi connectivity index (χ1) is 13.2. The van der Waals surface area contributed by atoms with Crippen LogP contribution in [-0.4, -0.2) is 15.9 Å². The molecule has 0 saturated carbocycles. The lowest BCUT2D eigenvalue weighted by atomic mass is 10.0. The van der Waals surface area contributed by atoms with E-state index in [0.29, 0.717) is 23.4 Å². The van der Waals surface area contributed by atoms with Crippen LogP contribution in [-0.2, 0) is 6.54 Å². The number of hydrogen-bond donors (Lipinski definition) is 1. The number of carbonyl (C=O) groups is 1. The van der Waals surface area contributed by atoms with Crippen molar-refractivity contribution in [2.24, 2.45) is 0 Å². The Balaban J connectivity index is 1.52. The Morgan fingerprint density at radius 3 is 2.59 bits per heavy atom. The SMILES string of the molecule is Cc1nc2ncccc2cc1C(=O)NCc1cccc(-c2ccccc2)c1. The maximum Gasteiger partial charge on any atom is 0.253 e. The predicted octanol–water partition coefficient (Wildman–Crippen LogP) is 4.54.